The van der Waals surface area contributed by atoms with Crippen LogP contribution in [-0.4, -0.2) is 37.1 Å². The molecule has 2 aromatic carbocycles. The second-order valence-corrected chi connectivity index (χ2v) is 5.80. The lowest BCUT2D eigenvalue weighted by atomic mass is 10.2. The van der Waals surface area contributed by atoms with Gasteiger partial charge in [0.05, 0.1) is 6.67 Å². The summed E-state index contributed by atoms with van der Waals surface area (Å²) in [5.41, 5.74) is 2.84. The molecule has 0 fully saturated rings. The van der Waals surface area contributed by atoms with Crippen molar-refractivity contribution in [1.82, 2.24) is 4.90 Å². The van der Waals surface area contributed by atoms with Crippen molar-refractivity contribution in [3.8, 4) is 0 Å². The van der Waals surface area contributed by atoms with Gasteiger partial charge in [0, 0.05) is 30.0 Å². The van der Waals surface area contributed by atoms with E-state index in [0.717, 1.165) is 36.7 Å². The van der Waals surface area contributed by atoms with E-state index < -0.39 is 0 Å². The fraction of sp³-hybridized carbons (Fsp3) is 0.350. The minimum absolute atomic E-state index is 0.0476. The fourth-order valence-corrected chi connectivity index (χ4v) is 2.53. The summed E-state index contributed by atoms with van der Waals surface area (Å²) in [5, 5.41) is 9.57. The number of para-hydroxylation sites is 1. The number of nitrogens with one attached hydrogen (secondary N) is 3. The highest BCUT2D eigenvalue weighted by Gasteiger charge is 2.06. The third-order valence-electron chi connectivity index (χ3n) is 4.05. The van der Waals surface area contributed by atoms with Crippen LogP contribution in [0.2, 0.25) is 0 Å². The molecule has 0 bridgehead atoms. The number of benzene rings is 2. The van der Waals surface area contributed by atoms with E-state index >= 15 is 0 Å². The van der Waals surface area contributed by atoms with Crippen LogP contribution in [-0.2, 0) is 4.79 Å². The van der Waals surface area contributed by atoms with Crippen molar-refractivity contribution < 1.29 is 4.79 Å². The van der Waals surface area contributed by atoms with Gasteiger partial charge in [-0.2, -0.15) is 0 Å². The molecule has 0 saturated heterocycles. The first-order valence-electron chi connectivity index (χ1n) is 8.86. The maximum absolute atomic E-state index is 12.1. The molecule has 0 atom stereocenters. The zero-order chi connectivity index (χ0) is 17.9. The summed E-state index contributed by atoms with van der Waals surface area (Å²) in [7, 11) is 0. The lowest BCUT2D eigenvalue weighted by Crippen LogP contribution is -2.27. The lowest BCUT2D eigenvalue weighted by Gasteiger charge is -2.17. The summed E-state index contributed by atoms with van der Waals surface area (Å²) in [5.74, 6) is 0.0476. The highest BCUT2D eigenvalue weighted by molar-refractivity contribution is 5.91. The summed E-state index contributed by atoms with van der Waals surface area (Å²) in [6.45, 7) is 7.57. The minimum Gasteiger partial charge on any atom is -0.368 e. The second-order valence-electron chi connectivity index (χ2n) is 5.80. The van der Waals surface area contributed by atoms with Crippen molar-refractivity contribution in [1.29, 1.82) is 0 Å². The van der Waals surface area contributed by atoms with Crippen LogP contribution in [0.4, 0.5) is 17.1 Å². The number of anilines is 3. The summed E-state index contributed by atoms with van der Waals surface area (Å²) >= 11 is 0. The predicted molar refractivity (Wildman–Crippen MR) is 106 cm³/mol. The molecule has 0 aliphatic heterocycles. The van der Waals surface area contributed by atoms with Crippen molar-refractivity contribution in [3.05, 3.63) is 54.6 Å². The molecule has 0 unspecified atom stereocenters. The van der Waals surface area contributed by atoms with Crippen molar-refractivity contribution in [2.45, 2.75) is 20.3 Å². The fourth-order valence-electron chi connectivity index (χ4n) is 2.53. The summed E-state index contributed by atoms with van der Waals surface area (Å²) in [6, 6.07) is 17.8. The number of carbonyl (C=O) groups excluding carboxylic acids is 1. The number of nitrogens with zero attached hydrogens (tertiary/aromatic N) is 1. The van der Waals surface area contributed by atoms with E-state index in [1.165, 1.54) is 0 Å². The van der Waals surface area contributed by atoms with Crippen LogP contribution >= 0.6 is 0 Å². The van der Waals surface area contributed by atoms with Crippen molar-refractivity contribution in [3.63, 3.8) is 0 Å². The lowest BCUT2D eigenvalue weighted by molar-refractivity contribution is -0.116. The van der Waals surface area contributed by atoms with Gasteiger partial charge in [-0.3, -0.25) is 4.79 Å². The Morgan fingerprint density at radius 3 is 2.24 bits per heavy atom. The third kappa shape index (κ3) is 6.85. The molecule has 0 saturated carbocycles. The van der Waals surface area contributed by atoms with Gasteiger partial charge in [-0.15, -0.1) is 0 Å². The molecule has 3 N–H and O–H groups in total. The normalized spacial score (nSPS) is 10.5. The van der Waals surface area contributed by atoms with Gasteiger partial charge in [0.1, 0.15) is 0 Å². The molecule has 0 radical (unpaired) electrons. The topological polar surface area (TPSA) is 56.4 Å². The van der Waals surface area contributed by atoms with E-state index in [0.29, 0.717) is 13.1 Å². The summed E-state index contributed by atoms with van der Waals surface area (Å²) in [4.78, 5) is 14.3. The molecule has 25 heavy (non-hydrogen) atoms. The van der Waals surface area contributed by atoms with E-state index in [2.05, 4.69) is 34.7 Å². The minimum atomic E-state index is 0.0476. The molecule has 2 aromatic rings. The molecular weight excluding hydrogens is 312 g/mol. The third-order valence-corrected chi connectivity index (χ3v) is 4.05. The largest absolute Gasteiger partial charge is 0.368 e. The number of carbonyl (C=O) groups is 1. The Labute approximate surface area is 150 Å². The van der Waals surface area contributed by atoms with E-state index in [9.17, 15) is 4.79 Å². The van der Waals surface area contributed by atoms with Crippen LogP contribution < -0.4 is 16.0 Å². The molecule has 0 aliphatic carbocycles. The summed E-state index contributed by atoms with van der Waals surface area (Å²) < 4.78 is 0. The molecule has 5 heteroatoms. The first-order valence-corrected chi connectivity index (χ1v) is 8.86. The molecule has 0 heterocycles. The Morgan fingerprint density at radius 1 is 0.880 bits per heavy atom. The van der Waals surface area contributed by atoms with Gasteiger partial charge < -0.3 is 20.9 Å². The van der Waals surface area contributed by atoms with Crippen LogP contribution in [0.15, 0.2) is 54.6 Å². The number of hydrogen-bond donors (Lipinski definition) is 3. The predicted octanol–water partition coefficient (Wildman–Crippen LogP) is 3.84. The quantitative estimate of drug-likeness (QED) is 0.575. The van der Waals surface area contributed by atoms with Gasteiger partial charge in [-0.05, 0) is 43.4 Å². The van der Waals surface area contributed by atoms with E-state index in [4.69, 9.17) is 0 Å². The average molecular weight is 340 g/mol. The first kappa shape index (κ1) is 18.8. The Balaban J connectivity index is 1.79. The first-order chi connectivity index (χ1) is 12.2. The van der Waals surface area contributed by atoms with Crippen LogP contribution in [0.1, 0.15) is 20.3 Å². The van der Waals surface area contributed by atoms with Gasteiger partial charge in [0.2, 0.25) is 5.91 Å². The highest BCUT2D eigenvalue weighted by atomic mass is 16.1. The van der Waals surface area contributed by atoms with Gasteiger partial charge in [-0.25, -0.2) is 0 Å². The van der Waals surface area contributed by atoms with E-state index in [1.807, 2.05) is 54.6 Å². The van der Waals surface area contributed by atoms with E-state index in [1.54, 1.807) is 0 Å². The Bertz CT molecular complexity index is 641. The van der Waals surface area contributed by atoms with Gasteiger partial charge in [0.25, 0.3) is 0 Å². The van der Waals surface area contributed by atoms with Crippen LogP contribution in [0, 0.1) is 0 Å². The molecule has 0 aliphatic rings. The molecule has 0 spiro atoms. The maximum atomic E-state index is 12.1. The van der Waals surface area contributed by atoms with E-state index in [-0.39, 0.29) is 5.91 Å². The molecule has 134 valence electrons. The molecule has 1 amide bonds. The molecule has 5 nitrogen and oxygen atoms in total. The summed E-state index contributed by atoms with van der Waals surface area (Å²) in [6.07, 6.45) is 0.509. The zero-order valence-corrected chi connectivity index (χ0v) is 15.1. The Hall–Kier alpha value is -2.53. The van der Waals surface area contributed by atoms with Gasteiger partial charge >= 0.3 is 0 Å². The van der Waals surface area contributed by atoms with Gasteiger partial charge in [-0.1, -0.05) is 38.1 Å². The van der Waals surface area contributed by atoms with Crippen LogP contribution in [0.3, 0.4) is 0 Å². The monoisotopic (exact) mass is 340 g/mol. The Morgan fingerprint density at radius 2 is 1.52 bits per heavy atom. The second kappa shape index (κ2) is 10.4. The molecule has 0 aromatic heterocycles. The number of amides is 1. The average Bonchev–Trinajstić information content (AvgIpc) is 2.64. The van der Waals surface area contributed by atoms with Crippen molar-refractivity contribution in [2.75, 3.05) is 42.3 Å². The SMILES string of the molecule is CCN(CC)CCC(=O)Nc1cccc(NCNc2ccccc2)c1. The van der Waals surface area contributed by atoms with Crippen molar-refractivity contribution in [2.24, 2.45) is 0 Å². The van der Waals surface area contributed by atoms with Gasteiger partial charge in [0.15, 0.2) is 0 Å². The molecule has 2 rings (SSSR count). The zero-order valence-electron chi connectivity index (χ0n) is 15.1. The smallest absolute Gasteiger partial charge is 0.225 e. The standard InChI is InChI=1S/C20H28N4O/c1-3-24(4-2)14-13-20(25)23-19-12-8-11-18(15-19)22-16-21-17-9-6-5-7-10-17/h5-12,15,21-22H,3-4,13-14,16H2,1-2H3,(H,23,25). The highest BCUT2D eigenvalue weighted by Crippen LogP contribution is 2.15. The van der Waals surface area contributed by atoms with Crippen LogP contribution in [0.5, 0.6) is 0 Å². The number of hydrogen-bond acceptors (Lipinski definition) is 4. The van der Waals surface area contributed by atoms with Crippen molar-refractivity contribution >= 4 is 23.0 Å². The Kier molecular flexibility index (Phi) is 7.79. The van der Waals surface area contributed by atoms with Crippen LogP contribution in [0.25, 0.3) is 0 Å². The maximum Gasteiger partial charge on any atom is 0.225 e. The molecular formula is C20H28N4O. The number of rotatable bonds is 10.